The Bertz CT molecular complexity index is 2030. The van der Waals surface area contributed by atoms with Crippen LogP contribution in [0.5, 0.6) is 11.5 Å². The molecule has 0 radical (unpaired) electrons. The van der Waals surface area contributed by atoms with Gasteiger partial charge >= 0.3 is 0 Å². The lowest BCUT2D eigenvalue weighted by atomic mass is 9.69. The molecule has 3 N–H and O–H groups in total. The summed E-state index contributed by atoms with van der Waals surface area (Å²) < 4.78 is 37.4. The molecule has 8 nitrogen and oxygen atoms in total. The molecular formula is C45H50F2N4O4. The average molecular weight is 749 g/mol. The zero-order valence-electron chi connectivity index (χ0n) is 31.4. The molecule has 0 spiro atoms. The number of phenols is 1. The number of ether oxygens (including phenoxy) is 1. The molecule has 3 heterocycles. The van der Waals surface area contributed by atoms with Crippen LogP contribution in [0.25, 0.3) is 0 Å². The number of fused-ring (bicyclic) bond motifs is 1. The predicted octanol–water partition coefficient (Wildman–Crippen LogP) is 7.85. The molecular weight excluding hydrogens is 699 g/mol. The Morgan fingerprint density at radius 1 is 0.800 bits per heavy atom. The molecule has 10 heteroatoms. The fourth-order valence-corrected chi connectivity index (χ4v) is 9.56. The summed E-state index contributed by atoms with van der Waals surface area (Å²) in [6.07, 6.45) is 6.18. The van der Waals surface area contributed by atoms with Gasteiger partial charge in [-0.2, -0.15) is 0 Å². The van der Waals surface area contributed by atoms with Gasteiger partial charge in [-0.3, -0.25) is 14.9 Å². The van der Waals surface area contributed by atoms with Crippen molar-refractivity contribution in [2.24, 2.45) is 5.92 Å². The van der Waals surface area contributed by atoms with E-state index in [1.807, 2.05) is 30.3 Å². The number of anilines is 2. The highest BCUT2D eigenvalue weighted by Crippen LogP contribution is 2.50. The lowest BCUT2D eigenvalue weighted by Gasteiger charge is -2.39. The number of halogens is 2. The molecule has 4 aromatic carbocycles. The third-order valence-electron chi connectivity index (χ3n) is 12.5. The Hall–Kier alpha value is -4.96. The van der Waals surface area contributed by atoms with Gasteiger partial charge in [0.2, 0.25) is 11.8 Å². The fraction of sp³-hybridized carbons (Fsp3) is 0.422. The second kappa shape index (κ2) is 16.0. The second-order valence-electron chi connectivity index (χ2n) is 15.9. The summed E-state index contributed by atoms with van der Waals surface area (Å²) in [5.41, 5.74) is 6.11. The number of hydrogen-bond donors (Lipinski definition) is 3. The maximum atomic E-state index is 16.3. The minimum absolute atomic E-state index is 0.111. The first kappa shape index (κ1) is 37.0. The minimum atomic E-state index is -0.619. The molecule has 3 saturated heterocycles. The van der Waals surface area contributed by atoms with Gasteiger partial charge in [-0.05, 0) is 128 Å². The molecule has 0 unspecified atom stereocenters. The number of nitrogens with zero attached hydrogens (tertiary/aromatic N) is 2. The van der Waals surface area contributed by atoms with E-state index in [0.717, 1.165) is 93.5 Å². The molecule has 55 heavy (non-hydrogen) atoms. The highest BCUT2D eigenvalue weighted by atomic mass is 19.1. The molecule has 4 aromatic rings. The summed E-state index contributed by atoms with van der Waals surface area (Å²) in [6.45, 7) is 4.45. The molecule has 1 aliphatic carbocycles. The third-order valence-corrected chi connectivity index (χ3v) is 12.5. The fourth-order valence-electron chi connectivity index (χ4n) is 9.56. The summed E-state index contributed by atoms with van der Waals surface area (Å²) in [5.74, 6) is 0.451. The standard InChI is InChI=1S/C45H50F2N4O4/c1-55-42-26-41(38(47)25-36(42)44-34(30-5-3-2-4-6-30)10-7-32-23-33(52)9-11-35(32)44)51-21-15-28(16-22-51)27-50-19-17-29(18-20-50)31-8-12-39(37(46)24-31)48-40-13-14-43(53)49-45(40)54/h2-6,8-9,11-12,23-26,28-29,34,40,44,48,52H,7,10,13-22,27H2,1H3,(H,49,53,54)/t34-,40+,44+/m1/s1. The van der Waals surface area contributed by atoms with Crippen LogP contribution in [0.2, 0.25) is 0 Å². The molecule has 3 aliphatic heterocycles. The van der Waals surface area contributed by atoms with Crippen LogP contribution in [0, 0.1) is 17.6 Å². The first-order valence-electron chi connectivity index (χ1n) is 19.8. The van der Waals surface area contributed by atoms with Crippen LogP contribution in [-0.2, 0) is 16.0 Å². The number of likely N-dealkylation sites (tertiary alicyclic amines) is 1. The molecule has 8 rings (SSSR count). The first-order chi connectivity index (χ1) is 26.7. The van der Waals surface area contributed by atoms with E-state index in [-0.39, 0.29) is 53.2 Å². The molecule has 0 saturated carbocycles. The van der Waals surface area contributed by atoms with Crippen LogP contribution in [0.15, 0.2) is 78.9 Å². The van der Waals surface area contributed by atoms with E-state index in [2.05, 4.69) is 44.7 Å². The number of aromatic hydroxyl groups is 1. The van der Waals surface area contributed by atoms with E-state index in [1.165, 1.54) is 5.56 Å². The van der Waals surface area contributed by atoms with Gasteiger partial charge in [0.25, 0.3) is 0 Å². The Morgan fingerprint density at radius 3 is 2.31 bits per heavy atom. The zero-order valence-corrected chi connectivity index (χ0v) is 31.4. The third kappa shape index (κ3) is 7.92. The molecule has 2 amide bonds. The Morgan fingerprint density at radius 2 is 1.58 bits per heavy atom. The van der Waals surface area contributed by atoms with Crippen molar-refractivity contribution in [3.05, 3.63) is 118 Å². The van der Waals surface area contributed by atoms with Crippen LogP contribution in [0.1, 0.15) is 90.5 Å². The molecule has 3 fully saturated rings. The van der Waals surface area contributed by atoms with E-state index < -0.39 is 11.9 Å². The number of methoxy groups -OCH3 is 1. The molecule has 3 atom stereocenters. The lowest BCUT2D eigenvalue weighted by Crippen LogP contribution is -2.47. The zero-order chi connectivity index (χ0) is 38.1. The lowest BCUT2D eigenvalue weighted by molar-refractivity contribution is -0.133. The van der Waals surface area contributed by atoms with Gasteiger partial charge in [-0.25, -0.2) is 8.78 Å². The number of hydrogen-bond acceptors (Lipinski definition) is 7. The van der Waals surface area contributed by atoms with Gasteiger partial charge in [0, 0.05) is 43.6 Å². The van der Waals surface area contributed by atoms with Crippen molar-refractivity contribution in [3.8, 4) is 11.5 Å². The molecule has 288 valence electrons. The quantitative estimate of drug-likeness (QED) is 0.150. The summed E-state index contributed by atoms with van der Waals surface area (Å²) >= 11 is 0. The highest BCUT2D eigenvalue weighted by Gasteiger charge is 2.36. The number of carbonyl (C=O) groups is 2. The maximum Gasteiger partial charge on any atom is 0.249 e. The molecule has 4 aliphatic rings. The van der Waals surface area contributed by atoms with Gasteiger partial charge < -0.3 is 25.0 Å². The number of carbonyl (C=O) groups excluding carboxylic acids is 2. The first-order valence-corrected chi connectivity index (χ1v) is 19.8. The minimum Gasteiger partial charge on any atom is -0.508 e. The average Bonchev–Trinajstić information content (AvgIpc) is 3.20. The van der Waals surface area contributed by atoms with Crippen molar-refractivity contribution in [1.29, 1.82) is 0 Å². The van der Waals surface area contributed by atoms with Crippen molar-refractivity contribution in [3.63, 3.8) is 0 Å². The number of nitrogens with one attached hydrogen (secondary N) is 2. The van der Waals surface area contributed by atoms with Crippen LogP contribution >= 0.6 is 0 Å². The van der Waals surface area contributed by atoms with Crippen molar-refractivity contribution in [1.82, 2.24) is 10.2 Å². The SMILES string of the molecule is COc1cc(N2CCC(CN3CCC(c4ccc(N[C@H]5CCC(=O)NC5=O)c(F)c4)CC3)CC2)c(F)cc1[C@@H]1c2ccc(O)cc2CC[C@@H]1c1ccccc1. The smallest absolute Gasteiger partial charge is 0.249 e. The second-order valence-corrected chi connectivity index (χ2v) is 15.9. The molecule has 0 bridgehead atoms. The van der Waals surface area contributed by atoms with Crippen molar-refractivity contribution >= 4 is 23.2 Å². The monoisotopic (exact) mass is 748 g/mol. The van der Waals surface area contributed by atoms with Crippen LogP contribution in [-0.4, -0.2) is 67.7 Å². The van der Waals surface area contributed by atoms with Crippen molar-refractivity contribution in [2.45, 2.75) is 75.2 Å². The topological polar surface area (TPSA) is 94.1 Å². The van der Waals surface area contributed by atoms with Crippen LogP contribution < -0.4 is 20.3 Å². The van der Waals surface area contributed by atoms with E-state index in [4.69, 9.17) is 4.74 Å². The van der Waals surface area contributed by atoms with Crippen molar-refractivity contribution < 1.29 is 28.2 Å². The van der Waals surface area contributed by atoms with Crippen LogP contribution in [0.4, 0.5) is 20.2 Å². The Balaban J connectivity index is 0.882. The predicted molar refractivity (Wildman–Crippen MR) is 210 cm³/mol. The summed E-state index contributed by atoms with van der Waals surface area (Å²) in [7, 11) is 1.67. The van der Waals surface area contributed by atoms with E-state index >= 15 is 8.78 Å². The van der Waals surface area contributed by atoms with Gasteiger partial charge in [0.15, 0.2) is 0 Å². The van der Waals surface area contributed by atoms with E-state index in [1.54, 1.807) is 31.4 Å². The Kier molecular flexibility index (Phi) is 10.8. The number of phenolic OH excluding ortho intramolecular Hbond substituents is 1. The van der Waals surface area contributed by atoms with Crippen LogP contribution in [0.3, 0.4) is 0 Å². The summed E-state index contributed by atoms with van der Waals surface area (Å²) in [5, 5.41) is 15.5. The number of amides is 2. The van der Waals surface area contributed by atoms with E-state index in [9.17, 15) is 14.7 Å². The summed E-state index contributed by atoms with van der Waals surface area (Å²) in [6, 6.07) is 24.2. The van der Waals surface area contributed by atoms with E-state index in [0.29, 0.717) is 23.8 Å². The number of imide groups is 1. The number of aryl methyl sites for hydroxylation is 1. The van der Waals surface area contributed by atoms with Crippen molar-refractivity contribution in [2.75, 3.05) is 50.1 Å². The van der Waals surface area contributed by atoms with Gasteiger partial charge in [-0.15, -0.1) is 0 Å². The van der Waals surface area contributed by atoms with Gasteiger partial charge in [0.1, 0.15) is 29.2 Å². The van der Waals surface area contributed by atoms with Gasteiger partial charge in [-0.1, -0.05) is 42.5 Å². The van der Waals surface area contributed by atoms with Gasteiger partial charge in [0.05, 0.1) is 18.5 Å². The maximum absolute atomic E-state index is 16.3. The molecule has 0 aromatic heterocycles. The highest BCUT2D eigenvalue weighted by molar-refractivity contribution is 6.01. The summed E-state index contributed by atoms with van der Waals surface area (Å²) in [4.78, 5) is 28.3. The number of benzene rings is 4. The Labute approximate surface area is 321 Å². The number of rotatable bonds is 9. The normalized spacial score (nSPS) is 22.6. The largest absolute Gasteiger partial charge is 0.508 e. The number of piperidine rings is 3.